The Labute approximate surface area is 119 Å². The lowest BCUT2D eigenvalue weighted by molar-refractivity contribution is -0.139. The minimum Gasteiger partial charge on any atom is -0.480 e. The van der Waals surface area contributed by atoms with Crippen LogP contribution in [0.25, 0.3) is 0 Å². The van der Waals surface area contributed by atoms with Crippen molar-refractivity contribution < 1.29 is 31.5 Å². The second kappa shape index (κ2) is 6.44. The van der Waals surface area contributed by atoms with Gasteiger partial charge in [-0.05, 0) is 24.5 Å². The van der Waals surface area contributed by atoms with E-state index in [4.69, 9.17) is 5.11 Å². The summed E-state index contributed by atoms with van der Waals surface area (Å²) in [7, 11) is -4.49. The largest absolute Gasteiger partial charge is 0.480 e. The zero-order valence-electron chi connectivity index (χ0n) is 11.2. The van der Waals surface area contributed by atoms with Crippen LogP contribution in [0.1, 0.15) is 20.3 Å². The normalized spacial score (nSPS) is 13.4. The molecule has 0 radical (unpaired) electrons. The summed E-state index contributed by atoms with van der Waals surface area (Å²) >= 11 is 0. The Bertz CT molecular complexity index is 623. The molecule has 0 spiro atoms. The first-order valence-corrected chi connectivity index (χ1v) is 7.42. The summed E-state index contributed by atoms with van der Waals surface area (Å²) < 4.78 is 64.6. The molecule has 0 bridgehead atoms. The van der Waals surface area contributed by atoms with E-state index in [1.807, 2.05) is 4.72 Å². The van der Waals surface area contributed by atoms with Crippen molar-refractivity contribution in [3.63, 3.8) is 0 Å². The first-order valence-electron chi connectivity index (χ1n) is 5.94. The lowest BCUT2D eigenvalue weighted by Gasteiger charge is -2.16. The van der Waals surface area contributed by atoms with Gasteiger partial charge in [0.2, 0.25) is 10.0 Å². The third-order valence-corrected chi connectivity index (χ3v) is 4.02. The number of rotatable bonds is 6. The van der Waals surface area contributed by atoms with Gasteiger partial charge in [0.25, 0.3) is 0 Å². The van der Waals surface area contributed by atoms with Crippen molar-refractivity contribution in [1.82, 2.24) is 4.72 Å². The highest BCUT2D eigenvalue weighted by molar-refractivity contribution is 7.89. The summed E-state index contributed by atoms with van der Waals surface area (Å²) in [6.07, 6.45) is -0.0132. The molecule has 118 valence electrons. The van der Waals surface area contributed by atoms with Gasteiger partial charge in [-0.3, -0.25) is 4.79 Å². The van der Waals surface area contributed by atoms with E-state index in [1.165, 1.54) is 0 Å². The molecule has 0 aliphatic rings. The second-order valence-corrected chi connectivity index (χ2v) is 6.56. The average Bonchev–Trinajstić information content (AvgIpc) is 2.33. The van der Waals surface area contributed by atoms with Crippen LogP contribution in [0, 0.1) is 23.4 Å². The lowest BCUT2D eigenvalue weighted by Crippen LogP contribution is -2.41. The Balaban J connectivity index is 3.13. The Kier molecular flexibility index (Phi) is 5.35. The summed E-state index contributed by atoms with van der Waals surface area (Å²) in [5.41, 5.74) is 0. The first kappa shape index (κ1) is 17.4. The van der Waals surface area contributed by atoms with Crippen molar-refractivity contribution in [3.05, 3.63) is 29.6 Å². The van der Waals surface area contributed by atoms with E-state index in [0.29, 0.717) is 0 Å². The number of hydrogen-bond donors (Lipinski definition) is 2. The fourth-order valence-electron chi connectivity index (χ4n) is 1.61. The predicted octanol–water partition coefficient (Wildman–Crippen LogP) is 1.88. The van der Waals surface area contributed by atoms with Crippen LogP contribution >= 0.6 is 0 Å². The number of aliphatic carboxylic acids is 1. The van der Waals surface area contributed by atoms with Gasteiger partial charge < -0.3 is 5.11 Å². The monoisotopic (exact) mass is 325 g/mol. The molecule has 1 atom stereocenters. The van der Waals surface area contributed by atoms with Crippen LogP contribution in [0.4, 0.5) is 13.2 Å². The van der Waals surface area contributed by atoms with Gasteiger partial charge in [-0.25, -0.2) is 21.6 Å². The van der Waals surface area contributed by atoms with Gasteiger partial charge in [0.15, 0.2) is 17.5 Å². The Morgan fingerprint density at radius 3 is 2.10 bits per heavy atom. The van der Waals surface area contributed by atoms with Gasteiger partial charge in [0.1, 0.15) is 6.04 Å². The molecule has 0 heterocycles. The van der Waals surface area contributed by atoms with Gasteiger partial charge in [0.05, 0.1) is 4.90 Å². The maximum absolute atomic E-state index is 13.1. The number of benzene rings is 1. The van der Waals surface area contributed by atoms with Gasteiger partial charge in [-0.1, -0.05) is 13.8 Å². The van der Waals surface area contributed by atoms with Crippen LogP contribution in [0.5, 0.6) is 0 Å². The third-order valence-electron chi connectivity index (χ3n) is 2.57. The van der Waals surface area contributed by atoms with Crippen molar-refractivity contribution >= 4 is 16.0 Å². The van der Waals surface area contributed by atoms with E-state index < -0.39 is 44.4 Å². The number of nitrogens with one attached hydrogen (secondary N) is 1. The zero-order valence-corrected chi connectivity index (χ0v) is 12.0. The number of sulfonamides is 1. The maximum atomic E-state index is 13.1. The number of halogens is 3. The molecule has 0 aliphatic heterocycles. The molecule has 0 saturated heterocycles. The van der Waals surface area contributed by atoms with Crippen molar-refractivity contribution in [2.45, 2.75) is 31.2 Å². The van der Waals surface area contributed by atoms with Crippen LogP contribution in [-0.2, 0) is 14.8 Å². The lowest BCUT2D eigenvalue weighted by atomic mass is 10.1. The van der Waals surface area contributed by atoms with Crippen molar-refractivity contribution in [2.24, 2.45) is 5.92 Å². The fraction of sp³-hybridized carbons (Fsp3) is 0.417. The zero-order chi connectivity index (χ0) is 16.4. The van der Waals surface area contributed by atoms with Crippen molar-refractivity contribution in [2.75, 3.05) is 0 Å². The Morgan fingerprint density at radius 1 is 1.24 bits per heavy atom. The molecule has 0 fully saturated rings. The Hall–Kier alpha value is -1.61. The molecule has 0 amide bonds. The summed E-state index contributed by atoms with van der Waals surface area (Å²) in [5, 5.41) is 8.95. The maximum Gasteiger partial charge on any atom is 0.321 e. The SMILES string of the molecule is CC(C)C[C@H](NS(=O)(=O)c1cc(F)c(F)c(F)c1)C(=O)O. The van der Waals surface area contributed by atoms with Crippen LogP contribution in [0.15, 0.2) is 17.0 Å². The van der Waals surface area contributed by atoms with E-state index in [2.05, 4.69) is 0 Å². The minimum absolute atomic E-state index is 0.0132. The molecule has 5 nitrogen and oxygen atoms in total. The molecule has 1 rings (SSSR count). The van der Waals surface area contributed by atoms with Gasteiger partial charge in [-0.15, -0.1) is 0 Å². The second-order valence-electron chi connectivity index (χ2n) is 4.84. The van der Waals surface area contributed by atoms with E-state index in [1.54, 1.807) is 13.8 Å². The van der Waals surface area contributed by atoms with E-state index >= 15 is 0 Å². The highest BCUT2D eigenvalue weighted by atomic mass is 32.2. The van der Waals surface area contributed by atoms with Crippen LogP contribution in [0.2, 0.25) is 0 Å². The van der Waals surface area contributed by atoms with Crippen LogP contribution in [0.3, 0.4) is 0 Å². The molecule has 1 aromatic carbocycles. The molecule has 0 aromatic heterocycles. The van der Waals surface area contributed by atoms with Gasteiger partial charge >= 0.3 is 5.97 Å². The van der Waals surface area contributed by atoms with Crippen LogP contribution in [-0.4, -0.2) is 25.5 Å². The minimum atomic E-state index is -4.49. The summed E-state index contributed by atoms with van der Waals surface area (Å²) in [6.45, 7) is 3.36. The topological polar surface area (TPSA) is 83.5 Å². The van der Waals surface area contributed by atoms with Crippen molar-refractivity contribution in [1.29, 1.82) is 0 Å². The third kappa shape index (κ3) is 4.43. The predicted molar refractivity (Wildman–Crippen MR) is 67.5 cm³/mol. The standard InChI is InChI=1S/C12H14F3NO4S/c1-6(2)3-10(12(17)18)16-21(19,20)7-4-8(13)11(15)9(14)5-7/h4-6,10,16H,3H2,1-2H3,(H,17,18)/t10-/m0/s1. The van der Waals surface area contributed by atoms with Gasteiger partial charge in [-0.2, -0.15) is 4.72 Å². The number of hydrogen-bond acceptors (Lipinski definition) is 3. The summed E-state index contributed by atoms with van der Waals surface area (Å²) in [6, 6.07) is -0.879. The molecular formula is C12H14F3NO4S. The van der Waals surface area contributed by atoms with E-state index in [-0.39, 0.29) is 24.5 Å². The molecule has 21 heavy (non-hydrogen) atoms. The quantitative estimate of drug-likeness (QED) is 0.782. The van der Waals surface area contributed by atoms with E-state index in [9.17, 15) is 26.4 Å². The summed E-state index contributed by atoms with van der Waals surface area (Å²) in [5.74, 6) is -6.70. The van der Waals surface area contributed by atoms with Gasteiger partial charge in [0, 0.05) is 0 Å². The Morgan fingerprint density at radius 2 is 1.71 bits per heavy atom. The number of carbonyl (C=O) groups is 1. The highest BCUT2D eigenvalue weighted by Crippen LogP contribution is 2.18. The summed E-state index contributed by atoms with van der Waals surface area (Å²) in [4.78, 5) is 10.1. The molecule has 0 saturated carbocycles. The van der Waals surface area contributed by atoms with Crippen LogP contribution < -0.4 is 4.72 Å². The molecular weight excluding hydrogens is 311 g/mol. The average molecular weight is 325 g/mol. The molecule has 2 N–H and O–H groups in total. The molecule has 9 heteroatoms. The molecule has 1 aromatic rings. The molecule has 0 unspecified atom stereocenters. The molecule has 0 aliphatic carbocycles. The highest BCUT2D eigenvalue weighted by Gasteiger charge is 2.27. The van der Waals surface area contributed by atoms with Crippen molar-refractivity contribution in [3.8, 4) is 0 Å². The van der Waals surface area contributed by atoms with E-state index in [0.717, 1.165) is 0 Å². The fourth-order valence-corrected chi connectivity index (χ4v) is 2.84. The number of carboxylic acids is 1. The smallest absolute Gasteiger partial charge is 0.321 e. The first-order chi connectivity index (χ1) is 9.54. The number of carboxylic acid groups (broad SMARTS) is 1.